The first kappa shape index (κ1) is 13.6. The van der Waals surface area contributed by atoms with Gasteiger partial charge in [0, 0.05) is 20.1 Å². The van der Waals surface area contributed by atoms with Crippen molar-refractivity contribution in [2.45, 2.75) is 44.6 Å². The van der Waals surface area contributed by atoms with Crippen LogP contribution in [0.4, 0.5) is 0 Å². The molecule has 1 heterocycles. The first-order valence-electron chi connectivity index (χ1n) is 6.96. The van der Waals surface area contributed by atoms with Crippen LogP contribution in [0.15, 0.2) is 24.3 Å². The highest BCUT2D eigenvalue weighted by Gasteiger charge is 2.22. The number of nitrogens with one attached hydrogen (secondary N) is 1. The van der Waals surface area contributed by atoms with Gasteiger partial charge in [-0.05, 0) is 50.3 Å². The molecule has 0 saturated carbocycles. The zero-order valence-electron chi connectivity index (χ0n) is 11.8. The molecule has 1 aliphatic heterocycles. The molecule has 2 nitrogen and oxygen atoms in total. The summed E-state index contributed by atoms with van der Waals surface area (Å²) in [7, 11) is 1.80. The summed E-state index contributed by atoms with van der Waals surface area (Å²) in [6.07, 6.45) is 3.57. The van der Waals surface area contributed by atoms with Gasteiger partial charge in [0.2, 0.25) is 0 Å². The first-order chi connectivity index (χ1) is 8.62. The van der Waals surface area contributed by atoms with E-state index >= 15 is 0 Å². The van der Waals surface area contributed by atoms with E-state index in [1.54, 1.807) is 7.11 Å². The zero-order valence-corrected chi connectivity index (χ0v) is 11.8. The second kappa shape index (κ2) is 5.85. The fraction of sp³-hybridized carbons (Fsp3) is 0.625. The average Bonchev–Trinajstić information content (AvgIpc) is 2.40. The van der Waals surface area contributed by atoms with E-state index in [4.69, 9.17) is 4.74 Å². The minimum absolute atomic E-state index is 0.0851. The van der Waals surface area contributed by atoms with E-state index in [0.29, 0.717) is 5.92 Å². The smallest absolute Gasteiger partial charge is 0.0663 e. The zero-order chi connectivity index (χ0) is 13.0. The minimum Gasteiger partial charge on any atom is -0.378 e. The molecule has 1 unspecified atom stereocenters. The van der Waals surface area contributed by atoms with Crippen molar-refractivity contribution in [1.82, 2.24) is 5.32 Å². The third-order valence-corrected chi connectivity index (χ3v) is 3.96. The standard InChI is InChI=1S/C16H25NO/c1-16(2,18-3)11-13-7-4-5-9-15(13)14-8-6-10-17-12-14/h4-5,7,9,14,17H,6,8,10-12H2,1-3H3. The molecule has 1 fully saturated rings. The molecule has 1 atom stereocenters. The fourth-order valence-corrected chi connectivity index (χ4v) is 2.74. The molecule has 0 amide bonds. The summed E-state index contributed by atoms with van der Waals surface area (Å²) in [5.74, 6) is 0.669. The Kier molecular flexibility index (Phi) is 4.41. The molecule has 2 heteroatoms. The van der Waals surface area contributed by atoms with Crippen LogP contribution < -0.4 is 5.32 Å². The van der Waals surface area contributed by atoms with Crippen molar-refractivity contribution in [3.63, 3.8) is 0 Å². The van der Waals surface area contributed by atoms with Crippen LogP contribution in [-0.4, -0.2) is 25.8 Å². The van der Waals surface area contributed by atoms with E-state index < -0.39 is 0 Å². The quantitative estimate of drug-likeness (QED) is 0.882. The predicted molar refractivity (Wildman–Crippen MR) is 76.1 cm³/mol. The Balaban J connectivity index is 2.19. The van der Waals surface area contributed by atoms with Crippen molar-refractivity contribution >= 4 is 0 Å². The molecular formula is C16H25NO. The highest BCUT2D eigenvalue weighted by Crippen LogP contribution is 2.29. The van der Waals surface area contributed by atoms with Crippen LogP contribution in [0.1, 0.15) is 43.7 Å². The van der Waals surface area contributed by atoms with Crippen LogP contribution in [0.5, 0.6) is 0 Å². The lowest BCUT2D eigenvalue weighted by atomic mass is 9.85. The molecule has 1 aromatic rings. The second-order valence-corrected chi connectivity index (χ2v) is 5.88. The molecule has 0 bridgehead atoms. The van der Waals surface area contributed by atoms with Gasteiger partial charge in [0.1, 0.15) is 0 Å². The van der Waals surface area contributed by atoms with Crippen molar-refractivity contribution in [2.75, 3.05) is 20.2 Å². The molecule has 1 saturated heterocycles. The molecule has 100 valence electrons. The lowest BCUT2D eigenvalue weighted by molar-refractivity contribution is 0.0229. The maximum atomic E-state index is 5.57. The van der Waals surface area contributed by atoms with Gasteiger partial charge in [-0.25, -0.2) is 0 Å². The lowest BCUT2D eigenvalue weighted by Crippen LogP contribution is -2.30. The number of benzene rings is 1. The normalized spacial score (nSPS) is 20.9. The largest absolute Gasteiger partial charge is 0.378 e. The SMILES string of the molecule is COC(C)(C)Cc1ccccc1C1CCCNC1. The molecule has 1 aromatic carbocycles. The summed E-state index contributed by atoms with van der Waals surface area (Å²) in [4.78, 5) is 0. The van der Waals surface area contributed by atoms with Gasteiger partial charge in [0.05, 0.1) is 5.60 Å². The summed E-state index contributed by atoms with van der Waals surface area (Å²) in [6, 6.07) is 8.84. The van der Waals surface area contributed by atoms with E-state index in [-0.39, 0.29) is 5.60 Å². The molecule has 2 rings (SSSR count). The van der Waals surface area contributed by atoms with Gasteiger partial charge in [0.25, 0.3) is 0 Å². The van der Waals surface area contributed by atoms with E-state index in [1.807, 2.05) is 0 Å². The number of hydrogen-bond acceptors (Lipinski definition) is 2. The Bertz CT molecular complexity index is 380. The second-order valence-electron chi connectivity index (χ2n) is 5.88. The topological polar surface area (TPSA) is 21.3 Å². The van der Waals surface area contributed by atoms with Crippen molar-refractivity contribution in [1.29, 1.82) is 0 Å². The fourth-order valence-electron chi connectivity index (χ4n) is 2.74. The van der Waals surface area contributed by atoms with Crippen molar-refractivity contribution in [3.05, 3.63) is 35.4 Å². The van der Waals surface area contributed by atoms with E-state index in [1.165, 1.54) is 30.5 Å². The summed E-state index contributed by atoms with van der Waals surface area (Å²) >= 11 is 0. The number of methoxy groups -OCH3 is 1. The van der Waals surface area contributed by atoms with Crippen LogP contribution in [0.3, 0.4) is 0 Å². The number of piperidine rings is 1. The van der Waals surface area contributed by atoms with Crippen LogP contribution in [0, 0.1) is 0 Å². The van der Waals surface area contributed by atoms with Crippen LogP contribution >= 0.6 is 0 Å². The van der Waals surface area contributed by atoms with E-state index in [0.717, 1.165) is 13.0 Å². The van der Waals surface area contributed by atoms with Crippen molar-refractivity contribution in [3.8, 4) is 0 Å². The van der Waals surface area contributed by atoms with Crippen LogP contribution in [-0.2, 0) is 11.2 Å². The average molecular weight is 247 g/mol. The summed E-state index contributed by atoms with van der Waals surface area (Å²) in [5.41, 5.74) is 2.87. The number of rotatable bonds is 4. The van der Waals surface area contributed by atoms with Gasteiger partial charge < -0.3 is 10.1 Å². The first-order valence-corrected chi connectivity index (χ1v) is 6.96. The molecule has 1 N–H and O–H groups in total. The summed E-state index contributed by atoms with van der Waals surface area (Å²) < 4.78 is 5.57. The number of hydrogen-bond donors (Lipinski definition) is 1. The highest BCUT2D eigenvalue weighted by molar-refractivity contribution is 5.32. The Morgan fingerprint density at radius 1 is 1.33 bits per heavy atom. The van der Waals surface area contributed by atoms with Crippen LogP contribution in [0.2, 0.25) is 0 Å². The predicted octanol–water partition coefficient (Wildman–Crippen LogP) is 3.12. The van der Waals surface area contributed by atoms with Gasteiger partial charge in [-0.2, -0.15) is 0 Å². The summed E-state index contributed by atoms with van der Waals surface area (Å²) in [6.45, 7) is 6.60. The maximum Gasteiger partial charge on any atom is 0.0663 e. The van der Waals surface area contributed by atoms with E-state index in [9.17, 15) is 0 Å². The Hall–Kier alpha value is -0.860. The molecule has 0 radical (unpaired) electrons. The molecular weight excluding hydrogens is 222 g/mol. The monoisotopic (exact) mass is 247 g/mol. The van der Waals surface area contributed by atoms with Gasteiger partial charge in [-0.15, -0.1) is 0 Å². The highest BCUT2D eigenvalue weighted by atomic mass is 16.5. The number of ether oxygens (including phenoxy) is 1. The molecule has 0 aromatic heterocycles. The van der Waals surface area contributed by atoms with Gasteiger partial charge >= 0.3 is 0 Å². The maximum absolute atomic E-state index is 5.57. The lowest BCUT2D eigenvalue weighted by Gasteiger charge is -2.28. The third-order valence-electron chi connectivity index (χ3n) is 3.96. The minimum atomic E-state index is -0.0851. The van der Waals surface area contributed by atoms with Crippen molar-refractivity contribution < 1.29 is 4.74 Å². The van der Waals surface area contributed by atoms with Crippen LogP contribution in [0.25, 0.3) is 0 Å². The van der Waals surface area contributed by atoms with Crippen molar-refractivity contribution in [2.24, 2.45) is 0 Å². The Labute approximate surface area is 111 Å². The van der Waals surface area contributed by atoms with Gasteiger partial charge in [0.15, 0.2) is 0 Å². The Morgan fingerprint density at radius 2 is 2.11 bits per heavy atom. The summed E-state index contributed by atoms with van der Waals surface area (Å²) in [5, 5.41) is 3.51. The third kappa shape index (κ3) is 3.33. The van der Waals surface area contributed by atoms with Gasteiger partial charge in [-0.1, -0.05) is 24.3 Å². The molecule has 0 spiro atoms. The molecule has 1 aliphatic rings. The van der Waals surface area contributed by atoms with E-state index in [2.05, 4.69) is 43.4 Å². The van der Waals surface area contributed by atoms with Gasteiger partial charge in [-0.3, -0.25) is 0 Å². The Morgan fingerprint density at radius 3 is 2.78 bits per heavy atom. The molecule has 18 heavy (non-hydrogen) atoms. The molecule has 0 aliphatic carbocycles.